The van der Waals surface area contributed by atoms with Crippen molar-refractivity contribution in [1.29, 1.82) is 0 Å². The number of hydrogen-bond acceptors (Lipinski definition) is 4. The molecule has 0 aliphatic carbocycles. The summed E-state index contributed by atoms with van der Waals surface area (Å²) in [5.74, 6) is -2.32. The number of nitrogens with zero attached hydrogens (tertiary/aromatic N) is 3. The van der Waals surface area contributed by atoms with Crippen molar-refractivity contribution in [3.05, 3.63) is 63.7 Å². The quantitative estimate of drug-likeness (QED) is 0.456. The molecular weight excluding hydrogens is 574 g/mol. The molecule has 3 aliphatic heterocycles. The summed E-state index contributed by atoms with van der Waals surface area (Å²) < 4.78 is 28.7. The van der Waals surface area contributed by atoms with E-state index < -0.39 is 28.9 Å². The number of rotatable bonds is 6. The van der Waals surface area contributed by atoms with Crippen LogP contribution in [0.5, 0.6) is 0 Å². The van der Waals surface area contributed by atoms with Crippen LogP contribution in [0, 0.1) is 24.5 Å². The third-order valence-electron chi connectivity index (χ3n) is 9.55. The van der Waals surface area contributed by atoms with E-state index in [4.69, 9.17) is 11.6 Å². The van der Waals surface area contributed by atoms with E-state index in [2.05, 4.69) is 31.0 Å². The van der Waals surface area contributed by atoms with Gasteiger partial charge >= 0.3 is 0 Å². The fourth-order valence-electron chi connectivity index (χ4n) is 7.03. The third-order valence-corrected chi connectivity index (χ3v) is 9.95. The lowest BCUT2D eigenvalue weighted by atomic mass is 9.73. The number of anilines is 1. The minimum absolute atomic E-state index is 0.00474. The molecule has 0 radical (unpaired) electrons. The van der Waals surface area contributed by atoms with Gasteiger partial charge in [-0.3, -0.25) is 19.3 Å². The van der Waals surface area contributed by atoms with Gasteiger partial charge in [-0.25, -0.2) is 8.78 Å². The SMILES string of the molecule is CC(=O)NCCCN1C(=O)C2(CCN(C(=O)[C@@H]3CN(C(C)(C)C)C[C@H]3c3ccc(F)cc3F)CC2)c2cc(Cl)c(C)cc21. The van der Waals surface area contributed by atoms with Crippen molar-refractivity contribution in [2.75, 3.05) is 44.2 Å². The number of fused-ring (bicyclic) bond motifs is 2. The fourth-order valence-corrected chi connectivity index (χ4v) is 7.19. The predicted octanol–water partition coefficient (Wildman–Crippen LogP) is 5.17. The van der Waals surface area contributed by atoms with Gasteiger partial charge in [0.2, 0.25) is 17.7 Å². The second-order valence-electron chi connectivity index (χ2n) is 13.3. The molecule has 2 aromatic carbocycles. The monoisotopic (exact) mass is 614 g/mol. The van der Waals surface area contributed by atoms with E-state index in [9.17, 15) is 23.2 Å². The van der Waals surface area contributed by atoms with Gasteiger partial charge in [-0.05, 0) is 81.8 Å². The van der Waals surface area contributed by atoms with Crippen LogP contribution in [0.15, 0.2) is 30.3 Å². The Bertz CT molecular complexity index is 1430. The van der Waals surface area contributed by atoms with Crippen molar-refractivity contribution >= 4 is 35.0 Å². The molecule has 2 aromatic rings. The van der Waals surface area contributed by atoms with Crippen molar-refractivity contribution in [3.8, 4) is 0 Å². The molecule has 3 aliphatic rings. The van der Waals surface area contributed by atoms with Crippen LogP contribution in [-0.2, 0) is 19.8 Å². The number of carbonyl (C=O) groups is 3. The van der Waals surface area contributed by atoms with Gasteiger partial charge in [0.05, 0.1) is 11.3 Å². The molecule has 43 heavy (non-hydrogen) atoms. The number of amides is 3. The fraction of sp³-hybridized carbons (Fsp3) is 0.545. The standard InChI is InChI=1S/C33H41ClF2N4O3/c1-20-15-29-26(17-27(20)34)33(31(43)40(29)12-6-11-37-21(2)41)9-13-38(14-10-33)30(42)25-19-39(32(3,4)5)18-24(25)23-8-7-22(35)16-28(23)36/h7-8,15-17,24-25H,6,9-14,18-19H2,1-5H3,(H,37,41)/t24-,25+/m0/s1. The second-order valence-corrected chi connectivity index (χ2v) is 13.7. The van der Waals surface area contributed by atoms with Crippen LogP contribution in [0.25, 0.3) is 0 Å². The molecule has 7 nitrogen and oxygen atoms in total. The van der Waals surface area contributed by atoms with E-state index in [-0.39, 0.29) is 23.3 Å². The van der Waals surface area contributed by atoms with Gasteiger partial charge in [-0.15, -0.1) is 0 Å². The van der Waals surface area contributed by atoms with Gasteiger partial charge in [0.1, 0.15) is 11.6 Å². The zero-order chi connectivity index (χ0) is 31.3. The topological polar surface area (TPSA) is 73.0 Å². The summed E-state index contributed by atoms with van der Waals surface area (Å²) >= 11 is 6.56. The molecule has 3 amide bonds. The summed E-state index contributed by atoms with van der Waals surface area (Å²) in [6.07, 6.45) is 1.52. The summed E-state index contributed by atoms with van der Waals surface area (Å²) in [5.41, 5.74) is 1.97. The van der Waals surface area contributed by atoms with E-state index in [1.807, 2.05) is 28.9 Å². The minimum atomic E-state index is -0.785. The molecular formula is C33H41ClF2N4O3. The van der Waals surface area contributed by atoms with Crippen molar-refractivity contribution in [1.82, 2.24) is 15.1 Å². The Labute approximate surface area is 257 Å². The lowest BCUT2D eigenvalue weighted by Crippen LogP contribution is -2.52. The molecule has 0 bridgehead atoms. The third kappa shape index (κ3) is 5.90. The number of nitrogens with one attached hydrogen (secondary N) is 1. The van der Waals surface area contributed by atoms with Crippen molar-refractivity contribution in [2.45, 2.75) is 70.8 Å². The Balaban J connectivity index is 1.37. The van der Waals surface area contributed by atoms with Crippen LogP contribution in [0.4, 0.5) is 14.5 Å². The first-order chi connectivity index (χ1) is 20.2. The van der Waals surface area contributed by atoms with Crippen LogP contribution in [0.2, 0.25) is 5.02 Å². The van der Waals surface area contributed by atoms with Gasteiger partial charge < -0.3 is 15.1 Å². The summed E-state index contributed by atoms with van der Waals surface area (Å²) in [4.78, 5) is 45.3. The number of piperidine rings is 1. The number of likely N-dealkylation sites (tertiary alicyclic amines) is 2. The number of hydrogen-bond donors (Lipinski definition) is 1. The average Bonchev–Trinajstić information content (AvgIpc) is 3.47. The van der Waals surface area contributed by atoms with Crippen LogP contribution in [-0.4, -0.2) is 72.3 Å². The highest BCUT2D eigenvalue weighted by Gasteiger charge is 2.53. The maximum absolute atomic E-state index is 15.0. The number of aryl methyl sites for hydroxylation is 1. The van der Waals surface area contributed by atoms with Crippen molar-refractivity contribution < 1.29 is 23.2 Å². The second kappa shape index (κ2) is 11.8. The molecule has 1 spiro atoms. The molecule has 2 fully saturated rings. The van der Waals surface area contributed by atoms with Gasteiger partial charge in [0.15, 0.2) is 0 Å². The van der Waals surface area contributed by atoms with Crippen LogP contribution in [0.1, 0.15) is 69.6 Å². The molecule has 232 valence electrons. The molecule has 0 saturated carbocycles. The normalized spacial score (nSPS) is 21.9. The van der Waals surface area contributed by atoms with Crippen molar-refractivity contribution in [2.24, 2.45) is 5.92 Å². The highest BCUT2D eigenvalue weighted by Crippen LogP contribution is 2.50. The van der Waals surface area contributed by atoms with Gasteiger partial charge in [0, 0.05) is 74.4 Å². The summed E-state index contributed by atoms with van der Waals surface area (Å²) in [5, 5.41) is 3.39. The van der Waals surface area contributed by atoms with Crippen LogP contribution in [0.3, 0.4) is 0 Å². The van der Waals surface area contributed by atoms with E-state index >= 15 is 0 Å². The van der Waals surface area contributed by atoms with E-state index in [1.54, 1.807) is 0 Å². The first-order valence-corrected chi connectivity index (χ1v) is 15.5. The van der Waals surface area contributed by atoms with Gasteiger partial charge in [-0.2, -0.15) is 0 Å². The largest absolute Gasteiger partial charge is 0.356 e. The van der Waals surface area contributed by atoms with Gasteiger partial charge in [-0.1, -0.05) is 17.7 Å². The molecule has 2 saturated heterocycles. The number of carbonyl (C=O) groups excluding carboxylic acids is 3. The summed E-state index contributed by atoms with van der Waals surface area (Å²) in [6.45, 7) is 12.3. The van der Waals surface area contributed by atoms with Gasteiger partial charge in [0.25, 0.3) is 0 Å². The summed E-state index contributed by atoms with van der Waals surface area (Å²) in [6, 6.07) is 7.47. The minimum Gasteiger partial charge on any atom is -0.356 e. The van der Waals surface area contributed by atoms with E-state index in [1.165, 1.54) is 19.1 Å². The molecule has 2 atom stereocenters. The smallest absolute Gasteiger partial charge is 0.237 e. The van der Waals surface area contributed by atoms with Crippen LogP contribution < -0.4 is 10.2 Å². The maximum atomic E-state index is 15.0. The lowest BCUT2D eigenvalue weighted by Gasteiger charge is -2.40. The number of benzene rings is 2. The number of halogens is 3. The van der Waals surface area contributed by atoms with Crippen LogP contribution >= 0.6 is 11.6 Å². The maximum Gasteiger partial charge on any atom is 0.237 e. The Morgan fingerprint density at radius 2 is 1.79 bits per heavy atom. The zero-order valence-electron chi connectivity index (χ0n) is 25.6. The molecule has 0 unspecified atom stereocenters. The first kappa shape index (κ1) is 31.4. The highest BCUT2D eigenvalue weighted by atomic mass is 35.5. The molecule has 3 heterocycles. The van der Waals surface area contributed by atoms with E-state index in [0.29, 0.717) is 69.1 Å². The predicted molar refractivity (Wildman–Crippen MR) is 163 cm³/mol. The highest BCUT2D eigenvalue weighted by molar-refractivity contribution is 6.31. The molecule has 5 rings (SSSR count). The average molecular weight is 615 g/mol. The van der Waals surface area contributed by atoms with E-state index in [0.717, 1.165) is 22.9 Å². The first-order valence-electron chi connectivity index (χ1n) is 15.1. The molecule has 10 heteroatoms. The molecule has 1 N–H and O–H groups in total. The van der Waals surface area contributed by atoms with Crippen molar-refractivity contribution in [3.63, 3.8) is 0 Å². The Morgan fingerprint density at radius 1 is 1.09 bits per heavy atom. The lowest BCUT2D eigenvalue weighted by molar-refractivity contribution is -0.139. The Hall–Kier alpha value is -3.04. The Kier molecular flexibility index (Phi) is 8.62. The summed E-state index contributed by atoms with van der Waals surface area (Å²) in [7, 11) is 0. The zero-order valence-corrected chi connectivity index (χ0v) is 26.4. The Morgan fingerprint density at radius 3 is 2.42 bits per heavy atom. The molecule has 0 aromatic heterocycles.